The summed E-state index contributed by atoms with van der Waals surface area (Å²) in [5.74, 6) is 0.305. The second kappa shape index (κ2) is 3.24. The highest BCUT2D eigenvalue weighted by Crippen LogP contribution is 2.14. The minimum Gasteiger partial charge on any atom is -0.394 e. The average molecular weight is 166 g/mol. The Bertz CT molecular complexity index is 312. The first-order valence-electron chi connectivity index (χ1n) is 3.54. The Morgan fingerprint density at radius 2 is 2.58 bits per heavy atom. The molecule has 0 aromatic carbocycles. The van der Waals surface area contributed by atoms with E-state index in [0.29, 0.717) is 11.4 Å². The molecule has 1 aromatic heterocycles. The van der Waals surface area contributed by atoms with Gasteiger partial charge in [0.2, 0.25) is 0 Å². The molecule has 0 radical (unpaired) electrons. The van der Waals surface area contributed by atoms with Crippen LogP contribution in [-0.2, 0) is 0 Å². The fourth-order valence-electron chi connectivity index (χ4n) is 0.886. The van der Waals surface area contributed by atoms with E-state index in [1.807, 2.05) is 6.07 Å². The van der Waals surface area contributed by atoms with Gasteiger partial charge in [0.1, 0.15) is 17.5 Å². The van der Waals surface area contributed by atoms with E-state index in [-0.39, 0.29) is 12.6 Å². The van der Waals surface area contributed by atoms with Crippen molar-refractivity contribution in [2.45, 2.75) is 13.0 Å². The van der Waals surface area contributed by atoms with Gasteiger partial charge in [-0.05, 0) is 6.92 Å². The van der Waals surface area contributed by atoms with Gasteiger partial charge in [0.15, 0.2) is 0 Å². The molecule has 12 heavy (non-hydrogen) atoms. The molecular weight excluding hydrogens is 156 g/mol. The van der Waals surface area contributed by atoms with Crippen molar-refractivity contribution in [3.05, 3.63) is 11.8 Å². The van der Waals surface area contributed by atoms with Gasteiger partial charge < -0.3 is 10.8 Å². The standard InChI is InChI=1S/C7H10N4O/c1-5(4-12)11-7(9)6(2-8)3-10-11/h3,5,12H,4,9H2,1H3. The summed E-state index contributed by atoms with van der Waals surface area (Å²) < 4.78 is 1.43. The first-order chi connectivity index (χ1) is 5.70. The minimum atomic E-state index is -0.188. The molecule has 0 fully saturated rings. The van der Waals surface area contributed by atoms with Crippen molar-refractivity contribution in [3.8, 4) is 6.07 Å². The van der Waals surface area contributed by atoms with E-state index < -0.39 is 0 Å². The zero-order valence-electron chi connectivity index (χ0n) is 6.73. The highest BCUT2D eigenvalue weighted by molar-refractivity contribution is 5.47. The van der Waals surface area contributed by atoms with E-state index in [4.69, 9.17) is 16.1 Å². The maximum Gasteiger partial charge on any atom is 0.140 e. The molecule has 3 N–H and O–H groups in total. The van der Waals surface area contributed by atoms with Gasteiger partial charge in [-0.3, -0.25) is 0 Å². The Kier molecular flexibility index (Phi) is 2.31. The molecule has 5 heteroatoms. The second-order valence-electron chi connectivity index (χ2n) is 2.53. The number of aliphatic hydroxyl groups is 1. The lowest BCUT2D eigenvalue weighted by Gasteiger charge is -2.09. The Morgan fingerprint density at radius 1 is 1.92 bits per heavy atom. The number of rotatable bonds is 2. The van der Waals surface area contributed by atoms with Crippen LogP contribution in [0.3, 0.4) is 0 Å². The van der Waals surface area contributed by atoms with Gasteiger partial charge in [-0.15, -0.1) is 0 Å². The first-order valence-corrected chi connectivity index (χ1v) is 3.54. The van der Waals surface area contributed by atoms with Crippen LogP contribution >= 0.6 is 0 Å². The van der Waals surface area contributed by atoms with Crippen molar-refractivity contribution < 1.29 is 5.11 Å². The number of nitrogen functional groups attached to an aromatic ring is 1. The molecule has 0 spiro atoms. The zero-order valence-corrected chi connectivity index (χ0v) is 6.73. The van der Waals surface area contributed by atoms with E-state index in [0.717, 1.165) is 0 Å². The molecule has 1 heterocycles. The number of hydrogen-bond acceptors (Lipinski definition) is 4. The topological polar surface area (TPSA) is 87.9 Å². The maximum absolute atomic E-state index is 8.80. The fourth-order valence-corrected chi connectivity index (χ4v) is 0.886. The molecule has 1 atom stereocenters. The van der Waals surface area contributed by atoms with Crippen LogP contribution in [0.15, 0.2) is 6.20 Å². The molecule has 0 amide bonds. The largest absolute Gasteiger partial charge is 0.394 e. The third-order valence-electron chi connectivity index (χ3n) is 1.64. The van der Waals surface area contributed by atoms with Crippen LogP contribution in [-0.4, -0.2) is 21.5 Å². The van der Waals surface area contributed by atoms with Crippen molar-refractivity contribution in [1.82, 2.24) is 9.78 Å². The van der Waals surface area contributed by atoms with Gasteiger partial charge in [-0.1, -0.05) is 0 Å². The third-order valence-corrected chi connectivity index (χ3v) is 1.64. The number of nitrogens with zero attached hydrogens (tertiary/aromatic N) is 3. The van der Waals surface area contributed by atoms with Gasteiger partial charge in [-0.2, -0.15) is 10.4 Å². The molecule has 1 unspecified atom stereocenters. The Balaban J connectivity index is 3.04. The van der Waals surface area contributed by atoms with Gasteiger partial charge in [-0.25, -0.2) is 4.68 Å². The van der Waals surface area contributed by atoms with E-state index in [9.17, 15) is 0 Å². The monoisotopic (exact) mass is 166 g/mol. The predicted molar refractivity (Wildman–Crippen MR) is 43.2 cm³/mol. The molecule has 0 saturated heterocycles. The average Bonchev–Trinajstić information content (AvgIpc) is 2.45. The van der Waals surface area contributed by atoms with E-state index in [1.54, 1.807) is 6.92 Å². The smallest absolute Gasteiger partial charge is 0.140 e. The quantitative estimate of drug-likeness (QED) is 0.641. The first kappa shape index (κ1) is 8.56. The Labute approximate surface area is 70.0 Å². The summed E-state index contributed by atoms with van der Waals surface area (Å²) in [6.45, 7) is 1.72. The second-order valence-corrected chi connectivity index (χ2v) is 2.53. The molecule has 64 valence electrons. The molecule has 0 aliphatic heterocycles. The van der Waals surface area contributed by atoms with Gasteiger partial charge in [0.05, 0.1) is 18.8 Å². The minimum absolute atomic E-state index is 0.0449. The number of nitriles is 1. The number of hydrogen-bond donors (Lipinski definition) is 2. The normalized spacial score (nSPS) is 12.4. The van der Waals surface area contributed by atoms with Crippen LogP contribution in [0.4, 0.5) is 5.82 Å². The van der Waals surface area contributed by atoms with Crippen molar-refractivity contribution >= 4 is 5.82 Å². The summed E-state index contributed by atoms with van der Waals surface area (Å²) in [4.78, 5) is 0. The van der Waals surface area contributed by atoms with Gasteiger partial charge >= 0.3 is 0 Å². The van der Waals surface area contributed by atoms with Gasteiger partial charge in [0, 0.05) is 0 Å². The summed E-state index contributed by atoms with van der Waals surface area (Å²) >= 11 is 0. The molecule has 0 aliphatic carbocycles. The van der Waals surface area contributed by atoms with Crippen LogP contribution in [0, 0.1) is 11.3 Å². The lowest BCUT2D eigenvalue weighted by molar-refractivity contribution is 0.231. The van der Waals surface area contributed by atoms with Gasteiger partial charge in [0.25, 0.3) is 0 Å². The van der Waals surface area contributed by atoms with Crippen molar-refractivity contribution in [2.24, 2.45) is 0 Å². The zero-order chi connectivity index (χ0) is 9.14. The molecule has 0 saturated carbocycles. The molecular formula is C7H10N4O. The highest BCUT2D eigenvalue weighted by Gasteiger charge is 2.10. The number of anilines is 1. The molecule has 0 aliphatic rings. The molecule has 5 nitrogen and oxygen atoms in total. The van der Waals surface area contributed by atoms with Crippen molar-refractivity contribution in [3.63, 3.8) is 0 Å². The molecule has 1 rings (SSSR count). The maximum atomic E-state index is 8.80. The molecule has 1 aromatic rings. The fraction of sp³-hybridized carbons (Fsp3) is 0.429. The Hall–Kier alpha value is -1.54. The van der Waals surface area contributed by atoms with Crippen LogP contribution in [0.2, 0.25) is 0 Å². The third kappa shape index (κ3) is 1.24. The van der Waals surface area contributed by atoms with Crippen LogP contribution in [0.5, 0.6) is 0 Å². The number of nitrogens with two attached hydrogens (primary N) is 1. The van der Waals surface area contributed by atoms with Crippen LogP contribution < -0.4 is 5.73 Å². The summed E-state index contributed by atoms with van der Waals surface area (Å²) in [6, 6.07) is 1.72. The number of aliphatic hydroxyl groups excluding tert-OH is 1. The van der Waals surface area contributed by atoms with Crippen LogP contribution in [0.25, 0.3) is 0 Å². The summed E-state index contributed by atoms with van der Waals surface area (Å²) in [5, 5.41) is 21.2. The highest BCUT2D eigenvalue weighted by atomic mass is 16.3. The lowest BCUT2D eigenvalue weighted by atomic mass is 10.3. The summed E-state index contributed by atoms with van der Waals surface area (Å²) in [5.41, 5.74) is 5.90. The lowest BCUT2D eigenvalue weighted by Crippen LogP contribution is -2.13. The predicted octanol–water partition coefficient (Wildman–Crippen LogP) is -0.110. The molecule has 0 bridgehead atoms. The van der Waals surface area contributed by atoms with E-state index in [2.05, 4.69) is 5.10 Å². The van der Waals surface area contributed by atoms with Crippen molar-refractivity contribution in [1.29, 1.82) is 5.26 Å². The SMILES string of the molecule is CC(CO)n1ncc(C#N)c1N. The summed E-state index contributed by atoms with van der Waals surface area (Å²) in [6.07, 6.45) is 1.39. The van der Waals surface area contributed by atoms with E-state index >= 15 is 0 Å². The Morgan fingerprint density at radius 3 is 3.00 bits per heavy atom. The summed E-state index contributed by atoms with van der Waals surface area (Å²) in [7, 11) is 0. The van der Waals surface area contributed by atoms with Crippen molar-refractivity contribution in [2.75, 3.05) is 12.3 Å². The van der Waals surface area contributed by atoms with Crippen LogP contribution in [0.1, 0.15) is 18.5 Å². The van der Waals surface area contributed by atoms with E-state index in [1.165, 1.54) is 10.9 Å². The number of aromatic nitrogens is 2.